The van der Waals surface area contributed by atoms with Gasteiger partial charge in [0, 0.05) is 16.5 Å². The molecule has 1 aromatic heterocycles. The molecule has 0 fully saturated rings. The van der Waals surface area contributed by atoms with Crippen molar-refractivity contribution < 1.29 is 0 Å². The van der Waals surface area contributed by atoms with Crippen LogP contribution >= 0.6 is 0 Å². The summed E-state index contributed by atoms with van der Waals surface area (Å²) >= 11 is 0. The van der Waals surface area contributed by atoms with E-state index in [1.165, 1.54) is 33.0 Å². The molecule has 4 aromatic rings. The standard InChI is InChI=1S/C22H19N/c1-16-10-12-17(13-11-16)14-15-22-20-7-3-2-6-18(20)19-8-4-5-9-21(19)23-22/h2-13H,14-15H2,1H3. The number of nitrogens with zero attached hydrogens (tertiary/aromatic N) is 1. The smallest absolute Gasteiger partial charge is 0.0711 e. The van der Waals surface area contributed by atoms with Gasteiger partial charge in [-0.2, -0.15) is 0 Å². The lowest BCUT2D eigenvalue weighted by Gasteiger charge is -2.10. The van der Waals surface area contributed by atoms with Crippen molar-refractivity contribution in [3.8, 4) is 0 Å². The van der Waals surface area contributed by atoms with Crippen molar-refractivity contribution in [2.45, 2.75) is 19.8 Å². The molecule has 3 aromatic carbocycles. The van der Waals surface area contributed by atoms with Gasteiger partial charge in [0.25, 0.3) is 0 Å². The first-order valence-electron chi connectivity index (χ1n) is 8.13. The van der Waals surface area contributed by atoms with Crippen LogP contribution in [0.4, 0.5) is 0 Å². The Bertz CT molecular complexity index is 968. The molecule has 1 heterocycles. The maximum Gasteiger partial charge on any atom is 0.0711 e. The average Bonchev–Trinajstić information content (AvgIpc) is 2.61. The van der Waals surface area contributed by atoms with Gasteiger partial charge < -0.3 is 0 Å². The van der Waals surface area contributed by atoms with Crippen LogP contribution in [-0.2, 0) is 12.8 Å². The van der Waals surface area contributed by atoms with Gasteiger partial charge in [0.1, 0.15) is 0 Å². The Kier molecular flexibility index (Phi) is 3.55. The van der Waals surface area contributed by atoms with Crippen LogP contribution < -0.4 is 0 Å². The summed E-state index contributed by atoms with van der Waals surface area (Å²) in [6.07, 6.45) is 1.99. The Labute approximate surface area is 136 Å². The molecule has 0 radical (unpaired) electrons. The van der Waals surface area contributed by atoms with Crippen molar-refractivity contribution in [3.63, 3.8) is 0 Å². The number of hydrogen-bond donors (Lipinski definition) is 0. The maximum absolute atomic E-state index is 4.94. The number of para-hydroxylation sites is 1. The van der Waals surface area contributed by atoms with Crippen LogP contribution in [0, 0.1) is 6.92 Å². The lowest BCUT2D eigenvalue weighted by atomic mass is 10.00. The highest BCUT2D eigenvalue weighted by Crippen LogP contribution is 2.27. The Morgan fingerprint density at radius 1 is 0.652 bits per heavy atom. The van der Waals surface area contributed by atoms with Gasteiger partial charge in [0.2, 0.25) is 0 Å². The number of fused-ring (bicyclic) bond motifs is 3. The third-order valence-corrected chi connectivity index (χ3v) is 4.46. The van der Waals surface area contributed by atoms with E-state index in [1.807, 2.05) is 0 Å². The van der Waals surface area contributed by atoms with E-state index in [4.69, 9.17) is 4.98 Å². The second-order valence-electron chi connectivity index (χ2n) is 6.11. The van der Waals surface area contributed by atoms with E-state index in [0.717, 1.165) is 18.4 Å². The molecule has 0 unspecified atom stereocenters. The molecule has 0 spiro atoms. The first kappa shape index (κ1) is 14.0. The maximum atomic E-state index is 4.94. The lowest BCUT2D eigenvalue weighted by Crippen LogP contribution is -1.97. The molecule has 0 aliphatic carbocycles. The molecule has 4 rings (SSSR count). The zero-order valence-corrected chi connectivity index (χ0v) is 13.3. The third kappa shape index (κ3) is 2.70. The molecule has 0 amide bonds. The summed E-state index contributed by atoms with van der Waals surface area (Å²) in [6.45, 7) is 2.13. The summed E-state index contributed by atoms with van der Waals surface area (Å²) in [7, 11) is 0. The van der Waals surface area contributed by atoms with E-state index in [1.54, 1.807) is 0 Å². The summed E-state index contributed by atoms with van der Waals surface area (Å²) < 4.78 is 0. The van der Waals surface area contributed by atoms with E-state index in [0.29, 0.717) is 0 Å². The highest BCUT2D eigenvalue weighted by Gasteiger charge is 2.07. The van der Waals surface area contributed by atoms with Gasteiger partial charge in [-0.25, -0.2) is 0 Å². The number of benzene rings is 3. The van der Waals surface area contributed by atoms with E-state index in [9.17, 15) is 0 Å². The van der Waals surface area contributed by atoms with Gasteiger partial charge >= 0.3 is 0 Å². The minimum atomic E-state index is 0.967. The molecule has 0 bridgehead atoms. The predicted molar refractivity (Wildman–Crippen MR) is 97.8 cm³/mol. The fraction of sp³-hybridized carbons (Fsp3) is 0.136. The molecular weight excluding hydrogens is 278 g/mol. The van der Waals surface area contributed by atoms with Gasteiger partial charge in [0.15, 0.2) is 0 Å². The Morgan fingerprint density at radius 3 is 2.09 bits per heavy atom. The third-order valence-electron chi connectivity index (χ3n) is 4.46. The summed E-state index contributed by atoms with van der Waals surface area (Å²) in [4.78, 5) is 4.94. The van der Waals surface area contributed by atoms with E-state index in [-0.39, 0.29) is 0 Å². The molecular formula is C22H19N. The summed E-state index contributed by atoms with van der Waals surface area (Å²) in [5.74, 6) is 0. The van der Waals surface area contributed by atoms with Gasteiger partial charge in [-0.1, -0.05) is 72.3 Å². The van der Waals surface area contributed by atoms with Crippen LogP contribution in [0.3, 0.4) is 0 Å². The van der Waals surface area contributed by atoms with Crippen molar-refractivity contribution >= 4 is 21.7 Å². The fourth-order valence-corrected chi connectivity index (χ4v) is 3.18. The van der Waals surface area contributed by atoms with Crippen LogP contribution in [0.25, 0.3) is 21.7 Å². The van der Waals surface area contributed by atoms with Crippen LogP contribution in [0.5, 0.6) is 0 Å². The topological polar surface area (TPSA) is 12.9 Å². The molecule has 0 atom stereocenters. The van der Waals surface area contributed by atoms with Crippen molar-refractivity contribution in [2.24, 2.45) is 0 Å². The van der Waals surface area contributed by atoms with Crippen LogP contribution in [0.2, 0.25) is 0 Å². The van der Waals surface area contributed by atoms with Gasteiger partial charge in [-0.3, -0.25) is 4.98 Å². The summed E-state index contributed by atoms with van der Waals surface area (Å²) in [6, 6.07) is 25.8. The second-order valence-corrected chi connectivity index (χ2v) is 6.11. The monoisotopic (exact) mass is 297 g/mol. The van der Waals surface area contributed by atoms with Crippen LogP contribution in [0.1, 0.15) is 16.8 Å². The normalized spacial score (nSPS) is 11.2. The zero-order valence-electron chi connectivity index (χ0n) is 13.3. The molecule has 0 saturated heterocycles. The molecule has 0 aliphatic heterocycles. The quantitative estimate of drug-likeness (QED) is 0.456. The number of aromatic nitrogens is 1. The lowest BCUT2D eigenvalue weighted by molar-refractivity contribution is 0.933. The number of aryl methyl sites for hydroxylation is 3. The molecule has 0 N–H and O–H groups in total. The van der Waals surface area contributed by atoms with Crippen molar-refractivity contribution in [1.82, 2.24) is 4.98 Å². The fourth-order valence-electron chi connectivity index (χ4n) is 3.18. The first-order valence-corrected chi connectivity index (χ1v) is 8.13. The molecule has 1 heteroatoms. The van der Waals surface area contributed by atoms with Gasteiger partial charge in [0.05, 0.1) is 5.52 Å². The van der Waals surface area contributed by atoms with Gasteiger partial charge in [-0.05, 0) is 36.8 Å². The molecule has 23 heavy (non-hydrogen) atoms. The molecule has 1 nitrogen and oxygen atoms in total. The Morgan fingerprint density at radius 2 is 1.30 bits per heavy atom. The van der Waals surface area contributed by atoms with Gasteiger partial charge in [-0.15, -0.1) is 0 Å². The van der Waals surface area contributed by atoms with E-state index < -0.39 is 0 Å². The molecule has 0 aliphatic rings. The zero-order chi connectivity index (χ0) is 15.6. The molecule has 112 valence electrons. The SMILES string of the molecule is Cc1ccc(CCc2nc3ccccc3c3ccccc23)cc1. The Balaban J connectivity index is 1.77. The average molecular weight is 297 g/mol. The van der Waals surface area contributed by atoms with Crippen molar-refractivity contribution in [3.05, 3.63) is 89.6 Å². The van der Waals surface area contributed by atoms with Crippen LogP contribution in [0.15, 0.2) is 72.8 Å². The number of hydrogen-bond acceptors (Lipinski definition) is 1. The number of rotatable bonds is 3. The minimum absolute atomic E-state index is 0.967. The predicted octanol–water partition coefficient (Wildman–Crippen LogP) is 5.48. The largest absolute Gasteiger partial charge is 0.252 e. The van der Waals surface area contributed by atoms with Crippen molar-refractivity contribution in [2.75, 3.05) is 0 Å². The summed E-state index contributed by atoms with van der Waals surface area (Å²) in [5.41, 5.74) is 4.96. The Hall–Kier alpha value is -2.67. The van der Waals surface area contributed by atoms with E-state index >= 15 is 0 Å². The first-order chi connectivity index (χ1) is 11.3. The highest BCUT2D eigenvalue weighted by atomic mass is 14.7. The van der Waals surface area contributed by atoms with Crippen LogP contribution in [-0.4, -0.2) is 4.98 Å². The second kappa shape index (κ2) is 5.85. The number of pyridine rings is 1. The van der Waals surface area contributed by atoms with E-state index in [2.05, 4.69) is 79.7 Å². The summed E-state index contributed by atoms with van der Waals surface area (Å²) in [5, 5.41) is 3.82. The van der Waals surface area contributed by atoms with Crippen molar-refractivity contribution in [1.29, 1.82) is 0 Å². The minimum Gasteiger partial charge on any atom is -0.252 e. The highest BCUT2D eigenvalue weighted by molar-refractivity contribution is 6.06. The molecule has 0 saturated carbocycles.